The molecule has 0 saturated carbocycles. The van der Waals surface area contributed by atoms with Crippen molar-refractivity contribution in [2.24, 2.45) is 0 Å². The molecule has 0 aliphatic rings. The van der Waals surface area contributed by atoms with E-state index in [0.717, 1.165) is 13.0 Å². The highest BCUT2D eigenvalue weighted by molar-refractivity contribution is 5.76. The van der Waals surface area contributed by atoms with Gasteiger partial charge in [0.05, 0.1) is 0 Å². The predicted molar refractivity (Wildman–Crippen MR) is 48.0 cm³/mol. The molecule has 0 rings (SSSR count). The van der Waals surface area contributed by atoms with Crippen LogP contribution in [0.25, 0.3) is 0 Å². The second-order valence-corrected chi connectivity index (χ2v) is 3.00. The Kier molecular flexibility index (Phi) is 5.79. The van der Waals surface area contributed by atoms with E-state index in [1.54, 1.807) is 0 Å². The molecular formula is C7H15N3O3. The van der Waals surface area contributed by atoms with Crippen LogP contribution in [0.1, 0.15) is 6.42 Å². The lowest BCUT2D eigenvalue weighted by molar-refractivity contribution is -0.467. The van der Waals surface area contributed by atoms with E-state index in [1.165, 1.54) is 0 Å². The van der Waals surface area contributed by atoms with Gasteiger partial charge in [-0.15, -0.1) is 0 Å². The maximum atomic E-state index is 10.7. The molecule has 0 fully saturated rings. The van der Waals surface area contributed by atoms with Crippen molar-refractivity contribution < 1.29 is 9.72 Å². The Morgan fingerprint density at radius 3 is 2.62 bits per heavy atom. The summed E-state index contributed by atoms with van der Waals surface area (Å²) in [7, 11) is 3.86. The van der Waals surface area contributed by atoms with E-state index in [0.29, 0.717) is 6.54 Å². The summed E-state index contributed by atoms with van der Waals surface area (Å²) in [4.78, 5) is 22.0. The zero-order valence-electron chi connectivity index (χ0n) is 7.95. The van der Waals surface area contributed by atoms with Crippen LogP contribution in [0, 0.1) is 10.1 Å². The number of hydrogen-bond acceptors (Lipinski definition) is 4. The Morgan fingerprint density at radius 1 is 1.54 bits per heavy atom. The third-order valence-corrected chi connectivity index (χ3v) is 1.38. The third kappa shape index (κ3) is 8.74. The minimum Gasteiger partial charge on any atom is -0.350 e. The van der Waals surface area contributed by atoms with Gasteiger partial charge in [-0.3, -0.25) is 14.9 Å². The van der Waals surface area contributed by atoms with Crippen LogP contribution >= 0.6 is 0 Å². The maximum absolute atomic E-state index is 10.7. The Morgan fingerprint density at radius 2 is 2.15 bits per heavy atom. The van der Waals surface area contributed by atoms with Crippen LogP contribution in [0.15, 0.2) is 0 Å². The summed E-state index contributed by atoms with van der Waals surface area (Å²) in [5.74, 6) is -0.524. The predicted octanol–water partition coefficient (Wildman–Crippen LogP) is -0.669. The van der Waals surface area contributed by atoms with Gasteiger partial charge in [-0.2, -0.15) is 0 Å². The van der Waals surface area contributed by atoms with E-state index in [4.69, 9.17) is 0 Å². The molecule has 6 heteroatoms. The molecule has 1 amide bonds. The monoisotopic (exact) mass is 189 g/mol. The first-order valence-electron chi connectivity index (χ1n) is 4.05. The van der Waals surface area contributed by atoms with Crippen molar-refractivity contribution >= 4 is 5.91 Å². The fourth-order valence-corrected chi connectivity index (χ4v) is 0.796. The SMILES string of the molecule is CN(C)CCCNC(=O)C[N+](=O)[O-]. The summed E-state index contributed by atoms with van der Waals surface area (Å²) in [6.45, 7) is 0.714. The van der Waals surface area contributed by atoms with Crippen molar-refractivity contribution in [1.29, 1.82) is 0 Å². The Hall–Kier alpha value is -1.17. The summed E-state index contributed by atoms with van der Waals surface area (Å²) >= 11 is 0. The lowest BCUT2D eigenvalue weighted by atomic mass is 10.4. The standard InChI is InChI=1S/C7H15N3O3/c1-9(2)5-3-4-8-7(11)6-10(12)13/h3-6H2,1-2H3,(H,8,11). The van der Waals surface area contributed by atoms with Gasteiger partial charge in [0.25, 0.3) is 12.5 Å². The summed E-state index contributed by atoms with van der Waals surface area (Å²) in [5.41, 5.74) is 0. The molecule has 0 aliphatic heterocycles. The van der Waals surface area contributed by atoms with Crippen LogP contribution in [-0.4, -0.2) is 49.5 Å². The number of nitrogens with one attached hydrogen (secondary N) is 1. The van der Waals surface area contributed by atoms with Gasteiger partial charge in [0.15, 0.2) is 0 Å². The van der Waals surface area contributed by atoms with Gasteiger partial charge in [0, 0.05) is 11.5 Å². The van der Waals surface area contributed by atoms with Crippen LogP contribution in [0.4, 0.5) is 0 Å². The van der Waals surface area contributed by atoms with E-state index in [1.807, 2.05) is 19.0 Å². The zero-order chi connectivity index (χ0) is 10.3. The molecule has 0 aliphatic carbocycles. The second-order valence-electron chi connectivity index (χ2n) is 3.00. The lowest BCUT2D eigenvalue weighted by Crippen LogP contribution is -2.31. The number of rotatable bonds is 6. The van der Waals surface area contributed by atoms with Gasteiger partial charge in [-0.1, -0.05) is 0 Å². The van der Waals surface area contributed by atoms with E-state index >= 15 is 0 Å². The van der Waals surface area contributed by atoms with Crippen molar-refractivity contribution in [3.05, 3.63) is 10.1 Å². The average molecular weight is 189 g/mol. The first-order valence-corrected chi connectivity index (χ1v) is 4.05. The van der Waals surface area contributed by atoms with Crippen LogP contribution in [0.5, 0.6) is 0 Å². The lowest BCUT2D eigenvalue weighted by Gasteiger charge is -2.08. The quantitative estimate of drug-likeness (QED) is 0.341. The molecule has 0 atom stereocenters. The maximum Gasteiger partial charge on any atom is 0.291 e. The van der Waals surface area contributed by atoms with Crippen molar-refractivity contribution in [2.75, 3.05) is 33.7 Å². The molecule has 13 heavy (non-hydrogen) atoms. The molecule has 0 aromatic carbocycles. The Labute approximate surface area is 77.1 Å². The minimum atomic E-state index is -0.638. The summed E-state index contributed by atoms with van der Waals surface area (Å²) in [6.07, 6.45) is 0.802. The van der Waals surface area contributed by atoms with Gasteiger partial charge in [-0.05, 0) is 27.1 Å². The topological polar surface area (TPSA) is 75.5 Å². The van der Waals surface area contributed by atoms with Gasteiger partial charge in [0.1, 0.15) is 0 Å². The van der Waals surface area contributed by atoms with E-state index in [-0.39, 0.29) is 0 Å². The van der Waals surface area contributed by atoms with Crippen LogP contribution in [0.3, 0.4) is 0 Å². The van der Waals surface area contributed by atoms with Gasteiger partial charge in [0.2, 0.25) is 0 Å². The van der Waals surface area contributed by atoms with Crippen molar-refractivity contribution in [1.82, 2.24) is 10.2 Å². The van der Waals surface area contributed by atoms with E-state index < -0.39 is 17.4 Å². The minimum absolute atomic E-state index is 0.491. The highest BCUT2D eigenvalue weighted by Crippen LogP contribution is 1.80. The van der Waals surface area contributed by atoms with Gasteiger partial charge in [-0.25, -0.2) is 0 Å². The molecule has 0 radical (unpaired) electrons. The van der Waals surface area contributed by atoms with E-state index in [9.17, 15) is 14.9 Å². The van der Waals surface area contributed by atoms with Crippen LogP contribution in [0.2, 0.25) is 0 Å². The van der Waals surface area contributed by atoms with Crippen LogP contribution in [-0.2, 0) is 4.79 Å². The number of nitro groups is 1. The normalized spacial score (nSPS) is 10.1. The fourth-order valence-electron chi connectivity index (χ4n) is 0.796. The average Bonchev–Trinajstić information content (AvgIpc) is 1.96. The van der Waals surface area contributed by atoms with Crippen molar-refractivity contribution in [3.63, 3.8) is 0 Å². The molecule has 0 spiro atoms. The number of carbonyl (C=O) groups excluding carboxylic acids is 1. The summed E-state index contributed by atoms with van der Waals surface area (Å²) in [6, 6.07) is 0. The highest BCUT2D eigenvalue weighted by atomic mass is 16.6. The second kappa shape index (κ2) is 6.36. The number of carbonyl (C=O) groups is 1. The van der Waals surface area contributed by atoms with Crippen molar-refractivity contribution in [3.8, 4) is 0 Å². The number of hydrogen-bond donors (Lipinski definition) is 1. The molecule has 76 valence electrons. The van der Waals surface area contributed by atoms with Gasteiger partial charge < -0.3 is 10.2 Å². The fraction of sp³-hybridized carbons (Fsp3) is 0.857. The largest absolute Gasteiger partial charge is 0.350 e. The van der Waals surface area contributed by atoms with Crippen molar-refractivity contribution in [2.45, 2.75) is 6.42 Å². The smallest absolute Gasteiger partial charge is 0.291 e. The zero-order valence-corrected chi connectivity index (χ0v) is 7.95. The molecule has 0 saturated heterocycles. The summed E-state index contributed by atoms with van der Waals surface area (Å²) in [5, 5.41) is 12.3. The Bertz CT molecular complexity index is 182. The molecule has 0 aromatic rings. The highest BCUT2D eigenvalue weighted by Gasteiger charge is 2.07. The molecule has 0 bridgehead atoms. The molecule has 0 unspecified atom stereocenters. The molecular weight excluding hydrogens is 174 g/mol. The Balaban J connectivity index is 3.32. The first kappa shape index (κ1) is 11.8. The first-order chi connectivity index (χ1) is 6.02. The third-order valence-electron chi connectivity index (χ3n) is 1.38. The summed E-state index contributed by atoms with van der Waals surface area (Å²) < 4.78 is 0. The molecule has 1 N–H and O–H groups in total. The molecule has 0 aromatic heterocycles. The van der Waals surface area contributed by atoms with E-state index in [2.05, 4.69) is 5.32 Å². The van der Waals surface area contributed by atoms with Crippen LogP contribution < -0.4 is 5.32 Å². The number of amides is 1. The number of nitrogens with zero attached hydrogens (tertiary/aromatic N) is 2. The van der Waals surface area contributed by atoms with Gasteiger partial charge >= 0.3 is 0 Å². The molecule has 6 nitrogen and oxygen atoms in total. The molecule has 0 heterocycles.